The highest BCUT2D eigenvalue weighted by atomic mass is 16.5. The number of hydrogen-bond donors (Lipinski definition) is 0. The van der Waals surface area contributed by atoms with Crippen molar-refractivity contribution in [1.82, 2.24) is 0 Å². The second-order valence-electron chi connectivity index (χ2n) is 5.72. The highest BCUT2D eigenvalue weighted by Crippen LogP contribution is 2.36. The second-order valence-corrected chi connectivity index (χ2v) is 5.72. The fraction of sp³-hybridized carbons (Fsp3) is 0.812. The van der Waals surface area contributed by atoms with E-state index in [0.29, 0.717) is 6.42 Å². The van der Waals surface area contributed by atoms with E-state index in [1.165, 1.54) is 14.0 Å². The lowest BCUT2D eigenvalue weighted by molar-refractivity contribution is -0.149. The van der Waals surface area contributed by atoms with E-state index in [0.717, 1.165) is 51.2 Å². The van der Waals surface area contributed by atoms with Crippen molar-refractivity contribution in [1.29, 1.82) is 0 Å². The molecule has 0 heterocycles. The van der Waals surface area contributed by atoms with Gasteiger partial charge in [0.05, 0.1) is 7.11 Å². The third-order valence-corrected chi connectivity index (χ3v) is 4.20. The van der Waals surface area contributed by atoms with E-state index in [1.807, 2.05) is 0 Å². The maximum atomic E-state index is 11.1. The summed E-state index contributed by atoms with van der Waals surface area (Å²) in [6.07, 6.45) is 7.70. The number of aldehydes is 1. The van der Waals surface area contributed by atoms with E-state index in [2.05, 4.69) is 4.74 Å². The van der Waals surface area contributed by atoms with Crippen LogP contribution in [-0.4, -0.2) is 31.4 Å². The molecule has 0 aromatic heterocycles. The van der Waals surface area contributed by atoms with Gasteiger partial charge in [0.15, 0.2) is 0 Å². The van der Waals surface area contributed by atoms with Crippen LogP contribution in [0.4, 0.5) is 0 Å². The molecule has 0 aliphatic heterocycles. The first kappa shape index (κ1) is 17.7. The van der Waals surface area contributed by atoms with Crippen LogP contribution in [0.15, 0.2) is 0 Å². The second kappa shape index (κ2) is 9.53. The molecule has 21 heavy (non-hydrogen) atoms. The van der Waals surface area contributed by atoms with Gasteiger partial charge < -0.3 is 14.3 Å². The van der Waals surface area contributed by atoms with Gasteiger partial charge in [-0.25, -0.2) is 0 Å². The van der Waals surface area contributed by atoms with Crippen molar-refractivity contribution in [3.63, 3.8) is 0 Å². The molecule has 1 saturated carbocycles. The Bertz CT molecular complexity index is 353. The number of ether oxygens (including phenoxy) is 2. The molecule has 120 valence electrons. The molecule has 0 unspecified atom stereocenters. The number of carbonyl (C=O) groups excluding carboxylic acids is 3. The molecule has 0 bridgehead atoms. The predicted molar refractivity (Wildman–Crippen MR) is 77.6 cm³/mol. The zero-order valence-electron chi connectivity index (χ0n) is 13.0. The Morgan fingerprint density at radius 2 is 1.86 bits per heavy atom. The van der Waals surface area contributed by atoms with E-state index in [4.69, 9.17) is 4.74 Å². The maximum absolute atomic E-state index is 11.1. The lowest BCUT2D eigenvalue weighted by Crippen LogP contribution is -2.25. The van der Waals surface area contributed by atoms with E-state index in [9.17, 15) is 14.4 Å². The molecular weight excluding hydrogens is 272 g/mol. The molecular formula is C16H26O5. The van der Waals surface area contributed by atoms with Crippen molar-refractivity contribution in [3.8, 4) is 0 Å². The van der Waals surface area contributed by atoms with E-state index < -0.39 is 0 Å². The number of hydrogen-bond acceptors (Lipinski definition) is 5. The monoisotopic (exact) mass is 298 g/mol. The fourth-order valence-electron chi connectivity index (χ4n) is 3.09. The van der Waals surface area contributed by atoms with Crippen LogP contribution in [0.3, 0.4) is 0 Å². The minimum Gasteiger partial charge on any atom is -0.469 e. The van der Waals surface area contributed by atoms with E-state index in [1.54, 1.807) is 0 Å². The number of unbranched alkanes of at least 4 members (excludes halogenated alkanes) is 3. The minimum absolute atomic E-state index is 0.0180. The summed E-state index contributed by atoms with van der Waals surface area (Å²) in [6.45, 7) is 1.41. The van der Waals surface area contributed by atoms with Gasteiger partial charge in [-0.3, -0.25) is 9.59 Å². The van der Waals surface area contributed by atoms with Crippen molar-refractivity contribution in [2.24, 2.45) is 11.8 Å². The van der Waals surface area contributed by atoms with Gasteiger partial charge in [0.1, 0.15) is 12.4 Å². The number of esters is 2. The zero-order chi connectivity index (χ0) is 15.7. The van der Waals surface area contributed by atoms with Crippen molar-refractivity contribution in [2.45, 2.75) is 64.4 Å². The van der Waals surface area contributed by atoms with E-state index in [-0.39, 0.29) is 29.9 Å². The Labute approximate surface area is 126 Å². The van der Waals surface area contributed by atoms with Crippen LogP contribution in [0.5, 0.6) is 0 Å². The summed E-state index contributed by atoms with van der Waals surface area (Å²) in [5.74, 6) is -0.257. The number of rotatable bonds is 9. The average molecular weight is 298 g/mol. The summed E-state index contributed by atoms with van der Waals surface area (Å²) in [7, 11) is 1.40. The molecule has 1 aliphatic carbocycles. The number of methoxy groups -OCH3 is 1. The molecule has 1 aliphatic rings. The first-order chi connectivity index (χ1) is 10.1. The summed E-state index contributed by atoms with van der Waals surface area (Å²) in [6, 6.07) is 0. The molecule has 1 rings (SSSR count). The normalized spacial score (nSPS) is 24.6. The molecule has 0 amide bonds. The Balaban J connectivity index is 2.25. The first-order valence-electron chi connectivity index (χ1n) is 7.77. The van der Waals surface area contributed by atoms with Crippen LogP contribution in [0, 0.1) is 11.8 Å². The third-order valence-electron chi connectivity index (χ3n) is 4.20. The van der Waals surface area contributed by atoms with Crippen LogP contribution in [0.1, 0.15) is 58.3 Å². The van der Waals surface area contributed by atoms with Gasteiger partial charge in [-0.2, -0.15) is 0 Å². The molecule has 0 N–H and O–H groups in total. The Kier molecular flexibility index (Phi) is 8.01. The molecule has 0 radical (unpaired) electrons. The lowest BCUT2D eigenvalue weighted by Gasteiger charge is -2.21. The SMILES string of the molecule is COC(=O)CCCCCC[C@H]1[C@@H](OC(C)=O)CC[C@@H]1C=O. The Hall–Kier alpha value is -1.39. The largest absolute Gasteiger partial charge is 0.469 e. The minimum atomic E-state index is -0.269. The molecule has 1 fully saturated rings. The van der Waals surface area contributed by atoms with Gasteiger partial charge >= 0.3 is 11.9 Å². The molecule has 0 spiro atoms. The van der Waals surface area contributed by atoms with Gasteiger partial charge in [0.25, 0.3) is 0 Å². The topological polar surface area (TPSA) is 69.7 Å². The van der Waals surface area contributed by atoms with Crippen LogP contribution >= 0.6 is 0 Å². The zero-order valence-corrected chi connectivity index (χ0v) is 13.0. The lowest BCUT2D eigenvalue weighted by atomic mass is 9.90. The Morgan fingerprint density at radius 3 is 2.48 bits per heavy atom. The van der Waals surface area contributed by atoms with Gasteiger partial charge in [-0.15, -0.1) is 0 Å². The van der Waals surface area contributed by atoms with Crippen LogP contribution in [0.25, 0.3) is 0 Å². The summed E-state index contributed by atoms with van der Waals surface area (Å²) in [5.41, 5.74) is 0. The maximum Gasteiger partial charge on any atom is 0.305 e. The van der Waals surface area contributed by atoms with Gasteiger partial charge in [0, 0.05) is 25.2 Å². The van der Waals surface area contributed by atoms with Crippen LogP contribution in [0.2, 0.25) is 0 Å². The molecule has 3 atom stereocenters. The highest BCUT2D eigenvalue weighted by molar-refractivity contribution is 5.69. The summed E-state index contributed by atoms with van der Waals surface area (Å²) < 4.78 is 9.91. The van der Waals surface area contributed by atoms with Crippen molar-refractivity contribution in [2.75, 3.05) is 7.11 Å². The van der Waals surface area contributed by atoms with Crippen molar-refractivity contribution < 1.29 is 23.9 Å². The predicted octanol–water partition coefficient (Wildman–Crippen LogP) is 2.66. The smallest absolute Gasteiger partial charge is 0.305 e. The van der Waals surface area contributed by atoms with Crippen molar-refractivity contribution >= 4 is 18.2 Å². The standard InChI is InChI=1S/C16H26O5/c1-12(18)21-15-10-9-13(11-17)14(15)7-5-3-4-6-8-16(19)20-2/h11,13-15H,3-10H2,1-2H3/t13-,14-,15+/m1/s1. The third kappa shape index (κ3) is 6.27. The molecule has 5 heteroatoms. The quantitative estimate of drug-likeness (QED) is 0.372. The van der Waals surface area contributed by atoms with Crippen LogP contribution in [-0.2, 0) is 23.9 Å². The molecule has 5 nitrogen and oxygen atoms in total. The summed E-state index contributed by atoms with van der Waals surface area (Å²) in [5, 5.41) is 0. The fourth-order valence-corrected chi connectivity index (χ4v) is 3.09. The molecule has 0 aromatic rings. The van der Waals surface area contributed by atoms with Gasteiger partial charge in [0.2, 0.25) is 0 Å². The van der Waals surface area contributed by atoms with Gasteiger partial charge in [-0.1, -0.05) is 19.3 Å². The first-order valence-corrected chi connectivity index (χ1v) is 7.77. The average Bonchev–Trinajstić information content (AvgIpc) is 2.83. The molecule has 0 saturated heterocycles. The Morgan fingerprint density at radius 1 is 1.14 bits per heavy atom. The van der Waals surface area contributed by atoms with Crippen molar-refractivity contribution in [3.05, 3.63) is 0 Å². The summed E-state index contributed by atoms with van der Waals surface area (Å²) >= 11 is 0. The summed E-state index contributed by atoms with van der Waals surface area (Å²) in [4.78, 5) is 33.2. The van der Waals surface area contributed by atoms with E-state index >= 15 is 0 Å². The van der Waals surface area contributed by atoms with Gasteiger partial charge in [-0.05, 0) is 25.7 Å². The van der Waals surface area contributed by atoms with Crippen LogP contribution < -0.4 is 0 Å². The molecule has 0 aromatic carbocycles. The highest BCUT2D eigenvalue weighted by Gasteiger charge is 2.37. The number of carbonyl (C=O) groups is 3.